The molecule has 5 nitrogen and oxygen atoms in total. The first-order valence-corrected chi connectivity index (χ1v) is 9.00. The van der Waals surface area contributed by atoms with Gasteiger partial charge in [-0.05, 0) is 59.7 Å². The van der Waals surface area contributed by atoms with Gasteiger partial charge in [0.05, 0.1) is 21.3 Å². The first-order valence-electron chi connectivity index (χ1n) is 9.00. The van der Waals surface area contributed by atoms with E-state index >= 15 is 0 Å². The minimum atomic E-state index is 0.760. The van der Waals surface area contributed by atoms with E-state index in [1.54, 1.807) is 33.5 Å². The van der Waals surface area contributed by atoms with Crippen LogP contribution in [0.2, 0.25) is 0 Å². The summed E-state index contributed by atoms with van der Waals surface area (Å²) in [5.74, 6) is 2.61. The summed E-state index contributed by atoms with van der Waals surface area (Å²) < 4.78 is 15.2. The van der Waals surface area contributed by atoms with Crippen molar-refractivity contribution < 1.29 is 14.2 Å². The number of hydrogen-bond donors (Lipinski definition) is 2. The van der Waals surface area contributed by atoms with Crippen LogP contribution in [0.3, 0.4) is 0 Å². The molecule has 0 bridgehead atoms. The second-order valence-electron chi connectivity index (χ2n) is 6.07. The zero-order valence-corrected chi connectivity index (χ0v) is 16.6. The van der Waals surface area contributed by atoms with Gasteiger partial charge >= 0.3 is 0 Å². The van der Waals surface area contributed by atoms with Gasteiger partial charge in [-0.2, -0.15) is 0 Å². The zero-order valence-electron chi connectivity index (χ0n) is 16.6. The summed E-state index contributed by atoms with van der Waals surface area (Å²) in [5, 5.41) is 3.41. The van der Waals surface area contributed by atoms with Gasteiger partial charge in [0, 0.05) is 18.8 Å². The molecule has 0 aliphatic heterocycles. The van der Waals surface area contributed by atoms with Crippen LogP contribution in [0.4, 0.5) is 5.69 Å². The summed E-state index contributed by atoms with van der Waals surface area (Å²) in [7, 11) is 4.99. The molecule has 0 amide bonds. The number of methoxy groups -OCH3 is 3. The molecule has 0 heterocycles. The third-order valence-electron chi connectivity index (χ3n) is 4.09. The SMILES string of the molecule is COc1ccc(CNCc2ccc(OC)cc2)cc1.COc1ccc(N)cc1. The summed E-state index contributed by atoms with van der Waals surface area (Å²) >= 11 is 0. The quantitative estimate of drug-likeness (QED) is 0.599. The minimum absolute atomic E-state index is 0.760. The van der Waals surface area contributed by atoms with Crippen molar-refractivity contribution >= 4 is 5.69 Å². The van der Waals surface area contributed by atoms with E-state index in [9.17, 15) is 0 Å². The molecule has 0 aromatic heterocycles. The molecule has 0 radical (unpaired) electrons. The van der Waals surface area contributed by atoms with Crippen LogP contribution in [-0.2, 0) is 13.1 Å². The lowest BCUT2D eigenvalue weighted by atomic mass is 10.2. The van der Waals surface area contributed by atoms with Crippen molar-refractivity contribution in [1.82, 2.24) is 5.32 Å². The van der Waals surface area contributed by atoms with Gasteiger partial charge in [0.25, 0.3) is 0 Å². The van der Waals surface area contributed by atoms with Crippen molar-refractivity contribution in [3.05, 3.63) is 83.9 Å². The fourth-order valence-electron chi connectivity index (χ4n) is 2.44. The van der Waals surface area contributed by atoms with Crippen molar-refractivity contribution in [2.24, 2.45) is 0 Å². The third-order valence-corrected chi connectivity index (χ3v) is 4.09. The van der Waals surface area contributed by atoms with Gasteiger partial charge < -0.3 is 25.3 Å². The van der Waals surface area contributed by atoms with Crippen molar-refractivity contribution in [2.75, 3.05) is 27.1 Å². The lowest BCUT2D eigenvalue weighted by Gasteiger charge is -2.07. The molecule has 5 heteroatoms. The molecule has 148 valence electrons. The molecule has 3 rings (SSSR count). The van der Waals surface area contributed by atoms with E-state index in [-0.39, 0.29) is 0 Å². The number of ether oxygens (including phenoxy) is 3. The van der Waals surface area contributed by atoms with Crippen molar-refractivity contribution in [3.8, 4) is 17.2 Å². The molecule has 0 aliphatic carbocycles. The number of hydrogen-bond acceptors (Lipinski definition) is 5. The normalized spacial score (nSPS) is 9.82. The fourth-order valence-corrected chi connectivity index (χ4v) is 2.44. The van der Waals surface area contributed by atoms with E-state index in [0.29, 0.717) is 0 Å². The maximum atomic E-state index is 5.43. The Labute approximate surface area is 167 Å². The predicted molar refractivity (Wildman–Crippen MR) is 114 cm³/mol. The van der Waals surface area contributed by atoms with Crippen LogP contribution >= 0.6 is 0 Å². The Kier molecular flexibility index (Phi) is 8.69. The van der Waals surface area contributed by atoms with Gasteiger partial charge in [0.1, 0.15) is 17.2 Å². The predicted octanol–water partition coefficient (Wildman–Crippen LogP) is 4.27. The Morgan fingerprint density at radius 3 is 1.21 bits per heavy atom. The van der Waals surface area contributed by atoms with Gasteiger partial charge in [0.15, 0.2) is 0 Å². The highest BCUT2D eigenvalue weighted by Crippen LogP contribution is 2.13. The van der Waals surface area contributed by atoms with Crippen LogP contribution in [0.25, 0.3) is 0 Å². The second-order valence-corrected chi connectivity index (χ2v) is 6.07. The summed E-state index contributed by atoms with van der Waals surface area (Å²) in [6.07, 6.45) is 0. The van der Waals surface area contributed by atoms with Crippen LogP contribution in [0.15, 0.2) is 72.8 Å². The Hall–Kier alpha value is -3.18. The van der Waals surface area contributed by atoms with Crippen LogP contribution in [-0.4, -0.2) is 21.3 Å². The molecule has 0 aliphatic rings. The van der Waals surface area contributed by atoms with Crippen LogP contribution in [0.5, 0.6) is 17.2 Å². The highest BCUT2D eigenvalue weighted by molar-refractivity contribution is 5.41. The Morgan fingerprint density at radius 2 is 0.893 bits per heavy atom. The largest absolute Gasteiger partial charge is 0.497 e. The highest BCUT2D eigenvalue weighted by Gasteiger charge is 1.96. The van der Waals surface area contributed by atoms with Crippen LogP contribution in [0.1, 0.15) is 11.1 Å². The molecular weight excluding hydrogens is 352 g/mol. The maximum Gasteiger partial charge on any atom is 0.119 e. The van der Waals surface area contributed by atoms with Crippen molar-refractivity contribution in [2.45, 2.75) is 13.1 Å². The summed E-state index contributed by atoms with van der Waals surface area (Å²) in [5.41, 5.74) is 8.68. The summed E-state index contributed by atoms with van der Waals surface area (Å²) in [6.45, 7) is 1.69. The fraction of sp³-hybridized carbons (Fsp3) is 0.217. The van der Waals surface area contributed by atoms with E-state index in [1.165, 1.54) is 11.1 Å². The topological polar surface area (TPSA) is 65.7 Å². The Balaban J connectivity index is 0.000000261. The molecule has 3 aromatic carbocycles. The zero-order chi connectivity index (χ0) is 20.2. The Bertz CT molecular complexity index is 753. The van der Waals surface area contributed by atoms with E-state index in [1.807, 2.05) is 36.4 Å². The first-order chi connectivity index (χ1) is 13.6. The van der Waals surface area contributed by atoms with Gasteiger partial charge in [-0.3, -0.25) is 0 Å². The number of rotatable bonds is 7. The molecule has 0 fully saturated rings. The van der Waals surface area contributed by atoms with Gasteiger partial charge in [-0.15, -0.1) is 0 Å². The average Bonchev–Trinajstić information content (AvgIpc) is 2.76. The molecule has 0 unspecified atom stereocenters. The summed E-state index contributed by atoms with van der Waals surface area (Å²) in [4.78, 5) is 0. The van der Waals surface area contributed by atoms with E-state index in [2.05, 4.69) is 29.6 Å². The molecular formula is C23H28N2O3. The molecule has 28 heavy (non-hydrogen) atoms. The lowest BCUT2D eigenvalue weighted by Crippen LogP contribution is -2.12. The van der Waals surface area contributed by atoms with Gasteiger partial charge in [-0.1, -0.05) is 24.3 Å². The van der Waals surface area contributed by atoms with E-state index in [0.717, 1.165) is 36.0 Å². The molecule has 3 aromatic rings. The average molecular weight is 380 g/mol. The highest BCUT2D eigenvalue weighted by atomic mass is 16.5. The maximum absolute atomic E-state index is 5.43. The second kappa shape index (κ2) is 11.5. The molecule has 3 N–H and O–H groups in total. The number of benzene rings is 3. The summed E-state index contributed by atoms with van der Waals surface area (Å²) in [6, 6.07) is 23.4. The number of anilines is 1. The Morgan fingerprint density at radius 1 is 0.571 bits per heavy atom. The first kappa shape index (κ1) is 21.1. The van der Waals surface area contributed by atoms with Crippen LogP contribution in [0, 0.1) is 0 Å². The smallest absolute Gasteiger partial charge is 0.119 e. The van der Waals surface area contributed by atoms with Crippen LogP contribution < -0.4 is 25.3 Å². The minimum Gasteiger partial charge on any atom is -0.497 e. The van der Waals surface area contributed by atoms with Gasteiger partial charge in [0.2, 0.25) is 0 Å². The number of nitrogen functional groups attached to an aromatic ring is 1. The number of nitrogens with one attached hydrogen (secondary N) is 1. The lowest BCUT2D eigenvalue weighted by molar-refractivity contribution is 0.414. The van der Waals surface area contributed by atoms with E-state index in [4.69, 9.17) is 19.9 Å². The van der Waals surface area contributed by atoms with Crippen molar-refractivity contribution in [1.29, 1.82) is 0 Å². The van der Waals surface area contributed by atoms with Crippen molar-refractivity contribution in [3.63, 3.8) is 0 Å². The number of nitrogens with two attached hydrogens (primary N) is 1. The molecule has 0 spiro atoms. The molecule has 0 saturated carbocycles. The van der Waals surface area contributed by atoms with Gasteiger partial charge in [-0.25, -0.2) is 0 Å². The third kappa shape index (κ3) is 7.21. The molecule has 0 atom stereocenters. The van der Waals surface area contributed by atoms with E-state index < -0.39 is 0 Å². The standard InChI is InChI=1S/C16H19NO2.C7H9NO/c1-18-15-7-3-13(4-8-15)11-17-12-14-5-9-16(19-2)10-6-14;1-9-7-4-2-6(8)3-5-7/h3-10,17H,11-12H2,1-2H3;2-5H,8H2,1H3. The molecule has 0 saturated heterocycles. The monoisotopic (exact) mass is 380 g/mol.